The highest BCUT2D eigenvalue weighted by Gasteiger charge is 2.22. The Morgan fingerprint density at radius 3 is 2.45 bits per heavy atom. The minimum Gasteiger partial charge on any atom is -0.465 e. The third kappa shape index (κ3) is 3.39. The van der Waals surface area contributed by atoms with Crippen LogP contribution in [0.15, 0.2) is 29.2 Å². The molecule has 0 atom stereocenters. The lowest BCUT2D eigenvalue weighted by Crippen LogP contribution is -2.07. The van der Waals surface area contributed by atoms with Gasteiger partial charge in [0, 0.05) is 10.6 Å². The highest BCUT2D eigenvalue weighted by Crippen LogP contribution is 2.23. The Balaban J connectivity index is 2.13. The molecular weight excluding hydrogens is 305 g/mol. The highest BCUT2D eigenvalue weighted by atomic mass is 32.2. The summed E-state index contributed by atoms with van der Waals surface area (Å²) in [6.07, 6.45) is 0. The summed E-state index contributed by atoms with van der Waals surface area (Å²) in [5, 5.41) is 0. The van der Waals surface area contributed by atoms with Crippen LogP contribution in [0.3, 0.4) is 0 Å². The van der Waals surface area contributed by atoms with Gasteiger partial charge >= 0.3 is 5.97 Å². The number of Topliss-reactive ketones (excluding diaryl/α,β-unsaturated/α-hetero) is 1. The number of thioether (sulfide) groups is 1. The Hall–Kier alpha value is -2.08. The van der Waals surface area contributed by atoms with Crippen molar-refractivity contribution in [1.29, 1.82) is 0 Å². The Labute approximate surface area is 132 Å². The first kappa shape index (κ1) is 16.3. The number of methoxy groups -OCH3 is 1. The number of ketones is 1. The van der Waals surface area contributed by atoms with Crippen molar-refractivity contribution in [1.82, 2.24) is 4.98 Å². The first-order valence-corrected chi connectivity index (χ1v) is 7.61. The van der Waals surface area contributed by atoms with Crippen molar-refractivity contribution < 1.29 is 18.7 Å². The van der Waals surface area contributed by atoms with E-state index in [1.807, 2.05) is 0 Å². The highest BCUT2D eigenvalue weighted by molar-refractivity contribution is 8.00. The number of hydrogen-bond acceptors (Lipinski definition) is 4. The molecule has 0 aliphatic carbocycles. The molecular formula is C16H16FNO3S. The Morgan fingerprint density at radius 1 is 1.23 bits per heavy atom. The Morgan fingerprint density at radius 2 is 1.86 bits per heavy atom. The monoisotopic (exact) mass is 321 g/mol. The van der Waals surface area contributed by atoms with E-state index < -0.39 is 5.97 Å². The van der Waals surface area contributed by atoms with Crippen molar-refractivity contribution in [3.63, 3.8) is 0 Å². The predicted molar refractivity (Wildman–Crippen MR) is 83.1 cm³/mol. The van der Waals surface area contributed by atoms with Gasteiger partial charge in [0.2, 0.25) is 0 Å². The molecule has 0 amide bonds. The largest absolute Gasteiger partial charge is 0.465 e. The molecule has 6 heteroatoms. The fourth-order valence-corrected chi connectivity index (χ4v) is 2.96. The van der Waals surface area contributed by atoms with Crippen LogP contribution in [0.5, 0.6) is 0 Å². The molecule has 4 nitrogen and oxygen atoms in total. The summed E-state index contributed by atoms with van der Waals surface area (Å²) in [5.41, 5.74) is 2.01. The second kappa shape index (κ2) is 6.79. The van der Waals surface area contributed by atoms with Crippen molar-refractivity contribution in [3.8, 4) is 0 Å². The maximum absolute atomic E-state index is 12.8. The fraction of sp³-hybridized carbons (Fsp3) is 0.250. The minimum absolute atomic E-state index is 0.120. The maximum atomic E-state index is 12.8. The fourth-order valence-electron chi connectivity index (χ4n) is 2.19. The maximum Gasteiger partial charge on any atom is 0.339 e. The average Bonchev–Trinajstić information content (AvgIpc) is 2.80. The Kier molecular flexibility index (Phi) is 5.03. The third-order valence-electron chi connectivity index (χ3n) is 3.29. The molecule has 2 aromatic rings. The number of halogens is 1. The number of aromatic nitrogens is 1. The summed E-state index contributed by atoms with van der Waals surface area (Å²) in [5.74, 6) is -0.691. The van der Waals surface area contributed by atoms with Crippen LogP contribution in [-0.4, -0.2) is 29.6 Å². The van der Waals surface area contributed by atoms with Crippen LogP contribution in [0.25, 0.3) is 0 Å². The molecule has 1 aromatic heterocycles. The number of esters is 1. The molecule has 0 radical (unpaired) electrons. The third-order valence-corrected chi connectivity index (χ3v) is 4.30. The van der Waals surface area contributed by atoms with Gasteiger partial charge in [-0.3, -0.25) is 4.79 Å². The smallest absolute Gasteiger partial charge is 0.339 e. The number of ether oxygens (including phenoxy) is 1. The number of nitrogens with one attached hydrogen (secondary N) is 1. The van der Waals surface area contributed by atoms with Gasteiger partial charge in [-0.25, -0.2) is 9.18 Å². The summed E-state index contributed by atoms with van der Waals surface area (Å²) in [6.45, 7) is 3.44. The van der Waals surface area contributed by atoms with Gasteiger partial charge in [0.25, 0.3) is 0 Å². The van der Waals surface area contributed by atoms with Gasteiger partial charge in [-0.05, 0) is 43.7 Å². The van der Waals surface area contributed by atoms with Crippen molar-refractivity contribution in [3.05, 3.63) is 52.6 Å². The van der Waals surface area contributed by atoms with Crippen LogP contribution in [0.4, 0.5) is 4.39 Å². The zero-order valence-electron chi connectivity index (χ0n) is 12.5. The molecule has 0 aliphatic heterocycles. The number of carbonyl (C=O) groups is 2. The van der Waals surface area contributed by atoms with Gasteiger partial charge in [-0.2, -0.15) is 0 Å². The number of carbonyl (C=O) groups excluding carboxylic acids is 2. The van der Waals surface area contributed by atoms with E-state index in [2.05, 4.69) is 4.98 Å². The normalized spacial score (nSPS) is 10.5. The van der Waals surface area contributed by atoms with E-state index in [9.17, 15) is 14.0 Å². The lowest BCUT2D eigenvalue weighted by Gasteiger charge is -2.02. The van der Waals surface area contributed by atoms with Gasteiger partial charge in [0.05, 0.1) is 24.1 Å². The van der Waals surface area contributed by atoms with E-state index in [-0.39, 0.29) is 17.4 Å². The second-order valence-corrected chi connectivity index (χ2v) is 5.83. The van der Waals surface area contributed by atoms with Crippen LogP contribution in [0.2, 0.25) is 0 Å². The van der Waals surface area contributed by atoms with Crippen LogP contribution >= 0.6 is 11.8 Å². The Bertz CT molecular complexity index is 707. The van der Waals surface area contributed by atoms with Crippen molar-refractivity contribution in [2.45, 2.75) is 18.7 Å². The van der Waals surface area contributed by atoms with Crippen LogP contribution < -0.4 is 0 Å². The van der Waals surface area contributed by atoms with E-state index >= 15 is 0 Å². The van der Waals surface area contributed by atoms with Gasteiger partial charge in [0.15, 0.2) is 5.78 Å². The first-order valence-electron chi connectivity index (χ1n) is 6.63. The van der Waals surface area contributed by atoms with Gasteiger partial charge in [-0.1, -0.05) is 0 Å². The SMILES string of the molecule is COC(=O)c1c(C)[nH]c(C(=O)CSc2ccc(F)cc2)c1C. The van der Waals surface area contributed by atoms with Gasteiger partial charge < -0.3 is 9.72 Å². The van der Waals surface area contributed by atoms with Gasteiger partial charge in [0.1, 0.15) is 5.82 Å². The lowest BCUT2D eigenvalue weighted by atomic mass is 10.1. The second-order valence-electron chi connectivity index (χ2n) is 4.78. The van der Waals surface area contributed by atoms with Crippen molar-refractivity contribution in [2.75, 3.05) is 12.9 Å². The average molecular weight is 321 g/mol. The van der Waals surface area contributed by atoms with Crippen molar-refractivity contribution >= 4 is 23.5 Å². The van der Waals surface area contributed by atoms with Crippen LogP contribution in [-0.2, 0) is 4.74 Å². The van der Waals surface area contributed by atoms with E-state index in [0.29, 0.717) is 22.5 Å². The van der Waals surface area contributed by atoms with Crippen LogP contribution in [0, 0.1) is 19.7 Å². The topological polar surface area (TPSA) is 59.2 Å². The molecule has 0 aliphatic rings. The van der Waals surface area contributed by atoms with E-state index in [4.69, 9.17) is 4.74 Å². The number of H-pyrrole nitrogens is 1. The molecule has 0 saturated heterocycles. The number of benzene rings is 1. The number of aromatic amines is 1. The molecule has 1 heterocycles. The lowest BCUT2D eigenvalue weighted by molar-refractivity contribution is 0.0599. The van der Waals surface area contributed by atoms with E-state index in [1.54, 1.807) is 26.0 Å². The predicted octanol–water partition coefficient (Wildman–Crippen LogP) is 3.53. The van der Waals surface area contributed by atoms with Crippen molar-refractivity contribution in [2.24, 2.45) is 0 Å². The molecule has 1 N–H and O–H groups in total. The number of rotatable bonds is 5. The van der Waals surface area contributed by atoms with E-state index in [0.717, 1.165) is 4.90 Å². The van der Waals surface area contributed by atoms with Crippen LogP contribution in [0.1, 0.15) is 32.1 Å². The summed E-state index contributed by atoms with van der Waals surface area (Å²) < 4.78 is 17.6. The molecule has 0 spiro atoms. The van der Waals surface area contributed by atoms with Gasteiger partial charge in [-0.15, -0.1) is 11.8 Å². The summed E-state index contributed by atoms with van der Waals surface area (Å²) in [7, 11) is 1.31. The molecule has 1 aromatic carbocycles. The molecule has 116 valence electrons. The molecule has 0 bridgehead atoms. The summed E-state index contributed by atoms with van der Waals surface area (Å²) in [4.78, 5) is 27.8. The minimum atomic E-state index is -0.462. The molecule has 0 saturated carbocycles. The molecule has 0 fully saturated rings. The molecule has 2 rings (SSSR count). The molecule has 0 unspecified atom stereocenters. The first-order chi connectivity index (χ1) is 10.4. The number of hydrogen-bond donors (Lipinski definition) is 1. The summed E-state index contributed by atoms with van der Waals surface area (Å²) in [6, 6.07) is 5.96. The number of aryl methyl sites for hydroxylation is 1. The quantitative estimate of drug-likeness (QED) is 0.520. The standard InChI is InChI=1S/C16H16FNO3S/c1-9-14(16(20)21-3)10(2)18-15(9)13(19)8-22-12-6-4-11(17)5-7-12/h4-7,18H,8H2,1-3H3. The zero-order valence-corrected chi connectivity index (χ0v) is 13.3. The van der Waals surface area contributed by atoms with E-state index in [1.165, 1.54) is 31.0 Å². The molecule has 22 heavy (non-hydrogen) atoms. The summed E-state index contributed by atoms with van der Waals surface area (Å²) >= 11 is 1.32. The zero-order chi connectivity index (χ0) is 16.3.